The molecule has 2 atom stereocenters. The van der Waals surface area contributed by atoms with Gasteiger partial charge >= 0.3 is 0 Å². The quantitative estimate of drug-likeness (QED) is 0.736. The fourth-order valence-electron chi connectivity index (χ4n) is 1.94. The second-order valence-electron chi connectivity index (χ2n) is 5.31. The molecule has 2 unspecified atom stereocenters. The van der Waals surface area contributed by atoms with Gasteiger partial charge in [0.25, 0.3) is 0 Å². The van der Waals surface area contributed by atoms with Gasteiger partial charge in [0.1, 0.15) is 6.04 Å². The summed E-state index contributed by atoms with van der Waals surface area (Å²) in [5, 5.41) is 14.7. The molecule has 4 nitrogen and oxygen atoms in total. The van der Waals surface area contributed by atoms with E-state index in [1.165, 1.54) is 11.3 Å². The highest BCUT2D eigenvalue weighted by molar-refractivity contribution is 7.10. The number of rotatable bonds is 6. The summed E-state index contributed by atoms with van der Waals surface area (Å²) >= 11 is 1.46. The standard InChI is InChI=1S/C13H22N2O2S/c1-9(2)7-13(3,17)8-15-12(16)11(14)10-5-4-6-18-10/h4-6,9,11,17H,7-8,14H2,1-3H3,(H,15,16). The van der Waals surface area contributed by atoms with Gasteiger partial charge < -0.3 is 16.2 Å². The number of nitrogens with two attached hydrogens (primary N) is 1. The smallest absolute Gasteiger partial charge is 0.242 e. The molecule has 1 heterocycles. The van der Waals surface area contributed by atoms with Crippen molar-refractivity contribution >= 4 is 17.2 Å². The second-order valence-corrected chi connectivity index (χ2v) is 6.29. The number of carbonyl (C=O) groups is 1. The molecule has 0 fully saturated rings. The van der Waals surface area contributed by atoms with E-state index in [0.717, 1.165) is 4.88 Å². The average molecular weight is 270 g/mol. The molecule has 5 heteroatoms. The molecule has 1 amide bonds. The Kier molecular flexibility index (Phi) is 5.31. The Morgan fingerprint density at radius 3 is 2.78 bits per heavy atom. The van der Waals surface area contributed by atoms with Crippen LogP contribution in [0.4, 0.5) is 0 Å². The second kappa shape index (κ2) is 6.31. The van der Waals surface area contributed by atoms with Crippen LogP contribution in [0.5, 0.6) is 0 Å². The van der Waals surface area contributed by atoms with Crippen LogP contribution in [-0.2, 0) is 4.79 Å². The summed E-state index contributed by atoms with van der Waals surface area (Å²) in [4.78, 5) is 12.7. The number of carbonyl (C=O) groups excluding carboxylic acids is 1. The Balaban J connectivity index is 2.46. The summed E-state index contributed by atoms with van der Waals surface area (Å²) in [7, 11) is 0. The molecule has 0 aliphatic heterocycles. The topological polar surface area (TPSA) is 75.3 Å². The molecule has 0 saturated carbocycles. The zero-order valence-corrected chi connectivity index (χ0v) is 12.0. The van der Waals surface area contributed by atoms with Gasteiger partial charge in [-0.15, -0.1) is 11.3 Å². The maximum atomic E-state index is 11.8. The lowest BCUT2D eigenvalue weighted by atomic mass is 9.94. The predicted molar refractivity (Wildman–Crippen MR) is 74.3 cm³/mol. The average Bonchev–Trinajstić information content (AvgIpc) is 2.76. The van der Waals surface area contributed by atoms with Crippen molar-refractivity contribution in [3.05, 3.63) is 22.4 Å². The van der Waals surface area contributed by atoms with Crippen molar-refractivity contribution in [2.75, 3.05) is 6.54 Å². The van der Waals surface area contributed by atoms with Crippen LogP contribution in [0.3, 0.4) is 0 Å². The minimum atomic E-state index is -0.890. The molecule has 0 aromatic carbocycles. The molecule has 0 spiro atoms. The largest absolute Gasteiger partial charge is 0.388 e. The SMILES string of the molecule is CC(C)CC(C)(O)CNC(=O)C(N)c1cccs1. The van der Waals surface area contributed by atoms with Gasteiger partial charge in [-0.05, 0) is 30.7 Å². The Morgan fingerprint density at radius 1 is 1.61 bits per heavy atom. The first kappa shape index (κ1) is 15.1. The third-order valence-corrected chi connectivity index (χ3v) is 3.58. The van der Waals surface area contributed by atoms with E-state index >= 15 is 0 Å². The first-order chi connectivity index (χ1) is 8.32. The fourth-order valence-corrected chi connectivity index (χ4v) is 2.66. The van der Waals surface area contributed by atoms with Gasteiger partial charge in [-0.3, -0.25) is 4.79 Å². The van der Waals surface area contributed by atoms with Crippen molar-refractivity contribution in [1.82, 2.24) is 5.32 Å². The van der Waals surface area contributed by atoms with Gasteiger partial charge in [0.15, 0.2) is 0 Å². The van der Waals surface area contributed by atoms with E-state index in [0.29, 0.717) is 12.3 Å². The van der Waals surface area contributed by atoms with Crippen LogP contribution < -0.4 is 11.1 Å². The molecule has 0 aliphatic rings. The highest BCUT2D eigenvalue weighted by atomic mass is 32.1. The van der Waals surface area contributed by atoms with Crippen LogP contribution in [0.15, 0.2) is 17.5 Å². The van der Waals surface area contributed by atoms with Gasteiger partial charge in [0.2, 0.25) is 5.91 Å². The van der Waals surface area contributed by atoms with E-state index in [-0.39, 0.29) is 12.5 Å². The minimum absolute atomic E-state index is 0.225. The minimum Gasteiger partial charge on any atom is -0.388 e. The molecule has 1 aromatic heterocycles. The summed E-state index contributed by atoms with van der Waals surface area (Å²) in [5.74, 6) is 0.129. The van der Waals surface area contributed by atoms with Crippen LogP contribution in [0.1, 0.15) is 38.1 Å². The van der Waals surface area contributed by atoms with Gasteiger partial charge in [0.05, 0.1) is 5.60 Å². The molecular formula is C13H22N2O2S. The Bertz CT molecular complexity index is 374. The summed E-state index contributed by atoms with van der Waals surface area (Å²) in [5.41, 5.74) is 4.94. The molecule has 0 bridgehead atoms. The van der Waals surface area contributed by atoms with E-state index in [1.54, 1.807) is 6.92 Å². The number of thiophene rings is 1. The van der Waals surface area contributed by atoms with Crippen molar-refractivity contribution in [2.24, 2.45) is 11.7 Å². The molecule has 102 valence electrons. The number of nitrogens with one attached hydrogen (secondary N) is 1. The van der Waals surface area contributed by atoms with E-state index < -0.39 is 11.6 Å². The van der Waals surface area contributed by atoms with Crippen molar-refractivity contribution in [3.8, 4) is 0 Å². The highest BCUT2D eigenvalue weighted by Crippen LogP contribution is 2.18. The van der Waals surface area contributed by atoms with Gasteiger partial charge in [0, 0.05) is 11.4 Å². The molecule has 4 N–H and O–H groups in total. The predicted octanol–water partition coefficient (Wildman–Crippen LogP) is 1.66. The molecule has 0 radical (unpaired) electrons. The normalized spacial score (nSPS) is 16.3. The first-order valence-corrected chi connectivity index (χ1v) is 6.99. The third kappa shape index (κ3) is 4.76. The molecule has 18 heavy (non-hydrogen) atoms. The van der Waals surface area contributed by atoms with Gasteiger partial charge in [-0.25, -0.2) is 0 Å². The Labute approximate surface area is 112 Å². The maximum Gasteiger partial charge on any atom is 0.242 e. The molecule has 1 aromatic rings. The summed E-state index contributed by atoms with van der Waals surface area (Å²) in [6, 6.07) is 3.04. The summed E-state index contributed by atoms with van der Waals surface area (Å²) < 4.78 is 0. The van der Waals surface area contributed by atoms with E-state index in [4.69, 9.17) is 5.73 Å². The number of amides is 1. The van der Waals surface area contributed by atoms with Crippen LogP contribution in [0.25, 0.3) is 0 Å². The molecular weight excluding hydrogens is 248 g/mol. The van der Waals surface area contributed by atoms with E-state index in [1.807, 2.05) is 31.4 Å². The highest BCUT2D eigenvalue weighted by Gasteiger charge is 2.24. The fraction of sp³-hybridized carbons (Fsp3) is 0.615. The van der Waals surface area contributed by atoms with Crippen LogP contribution in [0, 0.1) is 5.92 Å². The lowest BCUT2D eigenvalue weighted by Crippen LogP contribution is -2.44. The van der Waals surface area contributed by atoms with E-state index in [9.17, 15) is 9.90 Å². The van der Waals surface area contributed by atoms with Crippen molar-refractivity contribution in [2.45, 2.75) is 38.8 Å². The Hall–Kier alpha value is -0.910. The summed E-state index contributed by atoms with van der Waals surface area (Å²) in [6.07, 6.45) is 0.640. The molecule has 0 aliphatic carbocycles. The Morgan fingerprint density at radius 2 is 2.28 bits per heavy atom. The van der Waals surface area contributed by atoms with Crippen molar-refractivity contribution in [3.63, 3.8) is 0 Å². The monoisotopic (exact) mass is 270 g/mol. The molecule has 1 rings (SSSR count). The lowest BCUT2D eigenvalue weighted by Gasteiger charge is -2.26. The van der Waals surface area contributed by atoms with Crippen molar-refractivity contribution < 1.29 is 9.90 Å². The van der Waals surface area contributed by atoms with E-state index in [2.05, 4.69) is 5.32 Å². The maximum absolute atomic E-state index is 11.8. The zero-order valence-electron chi connectivity index (χ0n) is 11.1. The lowest BCUT2D eigenvalue weighted by molar-refractivity contribution is -0.123. The van der Waals surface area contributed by atoms with Crippen LogP contribution in [-0.4, -0.2) is 23.2 Å². The first-order valence-electron chi connectivity index (χ1n) is 6.11. The number of hydrogen-bond acceptors (Lipinski definition) is 4. The summed E-state index contributed by atoms with van der Waals surface area (Å²) in [6.45, 7) is 6.02. The van der Waals surface area contributed by atoms with Crippen LogP contribution in [0.2, 0.25) is 0 Å². The third-order valence-electron chi connectivity index (χ3n) is 2.62. The number of aliphatic hydroxyl groups is 1. The molecule has 0 saturated heterocycles. The van der Waals surface area contributed by atoms with Gasteiger partial charge in [-0.1, -0.05) is 19.9 Å². The zero-order chi connectivity index (χ0) is 13.8. The number of hydrogen-bond donors (Lipinski definition) is 3. The van der Waals surface area contributed by atoms with Crippen LogP contribution >= 0.6 is 11.3 Å². The van der Waals surface area contributed by atoms with Gasteiger partial charge in [-0.2, -0.15) is 0 Å². The van der Waals surface area contributed by atoms with Crippen molar-refractivity contribution in [1.29, 1.82) is 0 Å².